The smallest absolute Gasteiger partial charge is 0.306 e. The number of carbonyl (C=O) groups is 1. The molecule has 0 atom stereocenters. The first-order valence-electron chi connectivity index (χ1n) is 7.30. The first kappa shape index (κ1) is 17.8. The summed E-state index contributed by atoms with van der Waals surface area (Å²) in [6.07, 6.45) is -3.66. The Balaban J connectivity index is 1.73. The molecule has 10 heteroatoms. The Morgan fingerprint density at radius 1 is 1.12 bits per heavy atom. The Labute approximate surface area is 148 Å². The van der Waals surface area contributed by atoms with Crippen molar-refractivity contribution in [2.75, 3.05) is 5.32 Å². The number of aromatic nitrogens is 3. The van der Waals surface area contributed by atoms with Crippen molar-refractivity contribution >= 4 is 22.4 Å². The minimum absolute atomic E-state index is 0.189. The van der Waals surface area contributed by atoms with Crippen molar-refractivity contribution in [1.29, 1.82) is 0 Å². The summed E-state index contributed by atoms with van der Waals surface area (Å²) < 4.78 is 38.9. The first-order valence-corrected chi connectivity index (χ1v) is 8.11. The minimum Gasteiger partial charge on any atom is -0.306 e. The number of nitrogens with zero attached hydrogens (tertiary/aromatic N) is 3. The highest BCUT2D eigenvalue weighted by molar-refractivity contribution is 7.18. The Morgan fingerprint density at radius 3 is 2.54 bits per heavy atom. The summed E-state index contributed by atoms with van der Waals surface area (Å²) >= 11 is 1.11. The molecule has 0 saturated carbocycles. The van der Waals surface area contributed by atoms with Crippen LogP contribution in [-0.4, -0.2) is 20.7 Å². The summed E-state index contributed by atoms with van der Waals surface area (Å²) in [5, 5.41) is 11.0. The molecule has 3 rings (SSSR count). The van der Waals surface area contributed by atoms with Crippen molar-refractivity contribution in [1.82, 2.24) is 14.8 Å². The van der Waals surface area contributed by atoms with E-state index in [1.807, 2.05) is 30.3 Å². The molecule has 0 radical (unpaired) electrons. The van der Waals surface area contributed by atoms with E-state index in [-0.39, 0.29) is 5.13 Å². The molecule has 6 nitrogen and oxygen atoms in total. The van der Waals surface area contributed by atoms with E-state index in [9.17, 15) is 22.8 Å². The normalized spacial score (nSPS) is 11.3. The van der Waals surface area contributed by atoms with Gasteiger partial charge in [-0.25, -0.2) is 0 Å². The molecular weight excluding hydrogens is 369 g/mol. The Morgan fingerprint density at radius 2 is 1.85 bits per heavy atom. The van der Waals surface area contributed by atoms with Gasteiger partial charge in [0.2, 0.25) is 11.0 Å². The number of alkyl halides is 3. The molecule has 0 bridgehead atoms. The number of amides is 1. The van der Waals surface area contributed by atoms with Crippen molar-refractivity contribution < 1.29 is 18.0 Å². The summed E-state index contributed by atoms with van der Waals surface area (Å²) in [5.41, 5.74) is -1.79. The van der Waals surface area contributed by atoms with Crippen molar-refractivity contribution in [3.63, 3.8) is 0 Å². The first-order chi connectivity index (χ1) is 12.3. The molecule has 0 unspecified atom stereocenters. The number of nitrogens with one attached hydrogen (secondary N) is 1. The molecule has 26 heavy (non-hydrogen) atoms. The second-order valence-corrected chi connectivity index (χ2v) is 6.16. The zero-order valence-electron chi connectivity index (χ0n) is 13.0. The summed E-state index contributed by atoms with van der Waals surface area (Å²) in [7, 11) is 0. The van der Waals surface area contributed by atoms with E-state index >= 15 is 0 Å². The summed E-state index contributed by atoms with van der Waals surface area (Å²) in [6.45, 7) is -0.566. The average molecular weight is 380 g/mol. The molecule has 1 aromatic carbocycles. The maximum absolute atomic E-state index is 12.7. The highest BCUT2D eigenvalue weighted by Crippen LogP contribution is 2.27. The van der Waals surface area contributed by atoms with Crippen molar-refractivity contribution in [2.24, 2.45) is 0 Å². The van der Waals surface area contributed by atoms with Gasteiger partial charge in [0.25, 0.3) is 5.56 Å². The van der Waals surface area contributed by atoms with Crippen LogP contribution in [0.5, 0.6) is 0 Å². The van der Waals surface area contributed by atoms with Crippen molar-refractivity contribution in [2.45, 2.75) is 12.7 Å². The summed E-state index contributed by atoms with van der Waals surface area (Å²) in [6, 6.07) is 10.9. The Bertz CT molecular complexity index is 983. The lowest BCUT2D eigenvalue weighted by Gasteiger charge is -2.09. The van der Waals surface area contributed by atoms with Crippen LogP contribution in [0.15, 0.2) is 53.5 Å². The van der Waals surface area contributed by atoms with Gasteiger partial charge in [-0.1, -0.05) is 41.7 Å². The van der Waals surface area contributed by atoms with Crippen LogP contribution < -0.4 is 10.9 Å². The van der Waals surface area contributed by atoms with Crippen LogP contribution in [0.1, 0.15) is 5.56 Å². The van der Waals surface area contributed by atoms with E-state index in [2.05, 4.69) is 15.5 Å². The van der Waals surface area contributed by atoms with E-state index in [4.69, 9.17) is 0 Å². The van der Waals surface area contributed by atoms with E-state index in [0.717, 1.165) is 29.2 Å². The SMILES string of the molecule is O=C(Cn1cccc(C(F)(F)F)c1=O)Nc1nnc(-c2ccccc2)s1. The number of anilines is 1. The second kappa shape index (κ2) is 7.08. The molecule has 0 fully saturated rings. The van der Waals surface area contributed by atoms with Gasteiger partial charge in [0.15, 0.2) is 0 Å². The highest BCUT2D eigenvalue weighted by Gasteiger charge is 2.34. The monoisotopic (exact) mass is 380 g/mol. The molecule has 1 amide bonds. The summed E-state index contributed by atoms with van der Waals surface area (Å²) in [5.74, 6) is -0.679. The van der Waals surface area contributed by atoms with Gasteiger partial charge < -0.3 is 4.57 Å². The number of pyridine rings is 1. The molecule has 134 valence electrons. The number of benzene rings is 1. The molecule has 0 aliphatic heterocycles. The zero-order valence-corrected chi connectivity index (χ0v) is 13.8. The van der Waals surface area contributed by atoms with E-state index < -0.39 is 29.8 Å². The molecular formula is C16H11F3N4O2S. The molecule has 1 N–H and O–H groups in total. The van der Waals surface area contributed by atoms with E-state index in [1.54, 1.807) is 0 Å². The van der Waals surface area contributed by atoms with Crippen molar-refractivity contribution in [3.05, 3.63) is 64.6 Å². The molecule has 0 spiro atoms. The van der Waals surface area contributed by atoms with Gasteiger partial charge in [-0.05, 0) is 12.1 Å². The third-order valence-electron chi connectivity index (χ3n) is 3.33. The standard InChI is InChI=1S/C16H11F3N4O2S/c17-16(18,19)11-7-4-8-23(14(11)25)9-12(24)20-15-22-21-13(26-15)10-5-2-1-3-6-10/h1-8H,9H2,(H,20,22,24). The number of hydrogen-bond acceptors (Lipinski definition) is 5. The van der Waals surface area contributed by atoms with Crippen LogP contribution in [0.2, 0.25) is 0 Å². The van der Waals surface area contributed by atoms with Gasteiger partial charge in [0.1, 0.15) is 17.1 Å². The van der Waals surface area contributed by atoms with Crippen LogP contribution >= 0.6 is 11.3 Å². The average Bonchev–Trinajstić information content (AvgIpc) is 3.05. The number of hydrogen-bond donors (Lipinski definition) is 1. The van der Waals surface area contributed by atoms with Gasteiger partial charge in [0, 0.05) is 11.8 Å². The van der Waals surface area contributed by atoms with Crippen LogP contribution in [-0.2, 0) is 17.5 Å². The molecule has 3 aromatic rings. The summed E-state index contributed by atoms with van der Waals surface area (Å²) in [4.78, 5) is 23.9. The lowest BCUT2D eigenvalue weighted by atomic mass is 10.2. The quantitative estimate of drug-likeness (QED) is 0.755. The van der Waals surface area contributed by atoms with Gasteiger partial charge in [-0.15, -0.1) is 10.2 Å². The van der Waals surface area contributed by atoms with E-state index in [1.165, 1.54) is 0 Å². The predicted octanol–water partition coefficient (Wildman–Crippen LogP) is 3.02. The largest absolute Gasteiger partial charge is 0.421 e. The number of halogens is 3. The van der Waals surface area contributed by atoms with Gasteiger partial charge in [-0.2, -0.15) is 13.2 Å². The van der Waals surface area contributed by atoms with Crippen LogP contribution in [0, 0.1) is 0 Å². The molecule has 0 saturated heterocycles. The maximum Gasteiger partial charge on any atom is 0.421 e. The molecule has 2 aromatic heterocycles. The maximum atomic E-state index is 12.7. The minimum atomic E-state index is -4.78. The second-order valence-electron chi connectivity index (χ2n) is 5.18. The third kappa shape index (κ3) is 3.97. The Kier molecular flexibility index (Phi) is 4.85. The van der Waals surface area contributed by atoms with Gasteiger partial charge in [-0.3, -0.25) is 14.9 Å². The number of rotatable bonds is 4. The van der Waals surface area contributed by atoms with Crippen LogP contribution in [0.25, 0.3) is 10.6 Å². The molecule has 2 heterocycles. The van der Waals surface area contributed by atoms with Gasteiger partial charge in [0.05, 0.1) is 0 Å². The topological polar surface area (TPSA) is 76.9 Å². The van der Waals surface area contributed by atoms with Crippen molar-refractivity contribution in [3.8, 4) is 10.6 Å². The predicted molar refractivity (Wildman–Crippen MR) is 89.7 cm³/mol. The third-order valence-corrected chi connectivity index (χ3v) is 4.22. The fourth-order valence-corrected chi connectivity index (χ4v) is 2.93. The lowest BCUT2D eigenvalue weighted by Crippen LogP contribution is -2.31. The fourth-order valence-electron chi connectivity index (χ4n) is 2.16. The van der Waals surface area contributed by atoms with Crippen LogP contribution in [0.3, 0.4) is 0 Å². The highest BCUT2D eigenvalue weighted by atomic mass is 32.1. The molecule has 0 aliphatic carbocycles. The molecule has 0 aliphatic rings. The van der Waals surface area contributed by atoms with Crippen LogP contribution in [0.4, 0.5) is 18.3 Å². The van der Waals surface area contributed by atoms with E-state index in [0.29, 0.717) is 15.6 Å². The number of carbonyl (C=O) groups excluding carboxylic acids is 1. The fraction of sp³-hybridized carbons (Fsp3) is 0.125. The Hall–Kier alpha value is -3.01. The lowest BCUT2D eigenvalue weighted by molar-refractivity contribution is -0.139. The van der Waals surface area contributed by atoms with Gasteiger partial charge >= 0.3 is 6.18 Å². The zero-order chi connectivity index (χ0) is 18.7.